The maximum absolute atomic E-state index is 12.3. The molecular formula is C23H16ClN3O4. The van der Waals surface area contributed by atoms with Crippen molar-refractivity contribution in [2.45, 2.75) is 6.61 Å². The van der Waals surface area contributed by atoms with Crippen molar-refractivity contribution < 1.29 is 14.5 Å². The van der Waals surface area contributed by atoms with E-state index in [0.29, 0.717) is 28.6 Å². The predicted octanol–water partition coefficient (Wildman–Crippen LogP) is 5.37. The van der Waals surface area contributed by atoms with E-state index < -0.39 is 10.8 Å². The van der Waals surface area contributed by atoms with Crippen LogP contribution >= 0.6 is 11.6 Å². The van der Waals surface area contributed by atoms with Gasteiger partial charge in [-0.25, -0.2) is 0 Å². The lowest BCUT2D eigenvalue weighted by atomic mass is 10.1. The van der Waals surface area contributed by atoms with Crippen molar-refractivity contribution in [1.82, 2.24) is 0 Å². The summed E-state index contributed by atoms with van der Waals surface area (Å²) < 4.78 is 5.71. The minimum atomic E-state index is -0.613. The first-order chi connectivity index (χ1) is 14.9. The van der Waals surface area contributed by atoms with Gasteiger partial charge in [0.1, 0.15) is 24.0 Å². The lowest BCUT2D eigenvalue weighted by molar-refractivity contribution is -0.384. The second-order valence-electron chi connectivity index (χ2n) is 6.42. The van der Waals surface area contributed by atoms with Gasteiger partial charge < -0.3 is 10.1 Å². The number of carbonyl (C=O) groups is 1. The summed E-state index contributed by atoms with van der Waals surface area (Å²) in [7, 11) is 0. The van der Waals surface area contributed by atoms with Gasteiger partial charge in [-0.05, 0) is 53.6 Å². The molecule has 0 saturated heterocycles. The molecule has 0 fully saturated rings. The number of hydrogen-bond acceptors (Lipinski definition) is 5. The molecule has 7 nitrogen and oxygen atoms in total. The van der Waals surface area contributed by atoms with Gasteiger partial charge in [-0.2, -0.15) is 5.26 Å². The van der Waals surface area contributed by atoms with Crippen LogP contribution in [0.5, 0.6) is 5.75 Å². The van der Waals surface area contributed by atoms with Crippen molar-refractivity contribution >= 4 is 35.0 Å². The molecule has 0 aliphatic carbocycles. The molecule has 0 bridgehead atoms. The molecule has 8 heteroatoms. The second-order valence-corrected chi connectivity index (χ2v) is 6.85. The zero-order chi connectivity index (χ0) is 22.2. The summed E-state index contributed by atoms with van der Waals surface area (Å²) in [5.74, 6) is 0.0172. The van der Waals surface area contributed by atoms with Gasteiger partial charge in [-0.1, -0.05) is 35.9 Å². The normalized spacial score (nSPS) is 10.8. The summed E-state index contributed by atoms with van der Waals surface area (Å²) in [5, 5.41) is 23.2. The molecule has 0 spiro atoms. The number of nitro benzene ring substituents is 1. The fraction of sp³-hybridized carbons (Fsp3) is 0.0435. The Bertz CT molecular complexity index is 1170. The molecule has 1 N–H and O–H groups in total. The van der Waals surface area contributed by atoms with Gasteiger partial charge in [0.25, 0.3) is 11.6 Å². The van der Waals surface area contributed by atoms with Crippen molar-refractivity contribution in [2.24, 2.45) is 0 Å². The minimum Gasteiger partial charge on any atom is -0.489 e. The predicted molar refractivity (Wildman–Crippen MR) is 118 cm³/mol. The number of nitriles is 1. The van der Waals surface area contributed by atoms with E-state index in [1.807, 2.05) is 24.3 Å². The number of rotatable bonds is 7. The number of nitro groups is 1. The highest BCUT2D eigenvalue weighted by molar-refractivity contribution is 6.30. The van der Waals surface area contributed by atoms with Gasteiger partial charge in [0.05, 0.1) is 4.92 Å². The Morgan fingerprint density at radius 1 is 1.13 bits per heavy atom. The van der Waals surface area contributed by atoms with Crippen LogP contribution in [0.15, 0.2) is 78.4 Å². The first kappa shape index (κ1) is 21.6. The lowest BCUT2D eigenvalue weighted by Crippen LogP contribution is -2.13. The number of carbonyl (C=O) groups excluding carboxylic acids is 1. The summed E-state index contributed by atoms with van der Waals surface area (Å²) in [5.41, 5.74) is 1.73. The summed E-state index contributed by atoms with van der Waals surface area (Å²) in [4.78, 5) is 22.5. The lowest BCUT2D eigenvalue weighted by Gasteiger charge is -2.07. The molecule has 0 aromatic heterocycles. The molecule has 0 saturated carbocycles. The van der Waals surface area contributed by atoms with Crippen LogP contribution in [-0.2, 0) is 11.4 Å². The van der Waals surface area contributed by atoms with Crippen molar-refractivity contribution in [3.05, 3.63) is 105 Å². The highest BCUT2D eigenvalue weighted by Gasteiger charge is 2.11. The van der Waals surface area contributed by atoms with Gasteiger partial charge >= 0.3 is 0 Å². The van der Waals surface area contributed by atoms with E-state index in [4.69, 9.17) is 16.3 Å². The molecule has 3 rings (SSSR count). The van der Waals surface area contributed by atoms with E-state index in [2.05, 4.69) is 5.32 Å². The molecule has 1 amide bonds. The average molecular weight is 434 g/mol. The molecule has 0 aliphatic heterocycles. The Balaban J connectivity index is 1.63. The fourth-order valence-corrected chi connectivity index (χ4v) is 2.85. The van der Waals surface area contributed by atoms with E-state index >= 15 is 0 Å². The highest BCUT2D eigenvalue weighted by Crippen LogP contribution is 2.19. The smallest absolute Gasteiger partial charge is 0.269 e. The molecule has 0 atom stereocenters. The quantitative estimate of drug-likeness (QED) is 0.233. The number of halogens is 1. The number of hydrogen-bond donors (Lipinski definition) is 1. The van der Waals surface area contributed by atoms with Crippen molar-refractivity contribution in [1.29, 1.82) is 5.26 Å². The summed E-state index contributed by atoms with van der Waals surface area (Å²) >= 11 is 5.96. The van der Waals surface area contributed by atoms with Crippen LogP contribution in [0, 0.1) is 21.4 Å². The number of nitrogens with zero attached hydrogens (tertiary/aromatic N) is 2. The van der Waals surface area contributed by atoms with Gasteiger partial charge in [-0.3, -0.25) is 14.9 Å². The standard InChI is InChI=1S/C23H16ClN3O4/c24-19-3-1-2-17(13-19)15-31-22-10-4-16(5-11-22)12-18(14-25)23(28)26-20-6-8-21(9-7-20)27(29)30/h1-13H,15H2,(H,26,28)/b18-12-. The second kappa shape index (κ2) is 10.1. The van der Waals surface area contributed by atoms with Crippen molar-refractivity contribution in [2.75, 3.05) is 5.32 Å². The van der Waals surface area contributed by atoms with Crippen LogP contribution in [0.4, 0.5) is 11.4 Å². The van der Waals surface area contributed by atoms with E-state index in [0.717, 1.165) is 5.56 Å². The van der Waals surface area contributed by atoms with Gasteiger partial charge in [0.15, 0.2) is 0 Å². The monoisotopic (exact) mass is 433 g/mol. The van der Waals surface area contributed by atoms with E-state index in [-0.39, 0.29) is 11.3 Å². The van der Waals surface area contributed by atoms with Crippen LogP contribution < -0.4 is 10.1 Å². The summed E-state index contributed by atoms with van der Waals surface area (Å²) in [6.45, 7) is 0.358. The third-order valence-corrected chi connectivity index (χ3v) is 4.42. The van der Waals surface area contributed by atoms with Crippen LogP contribution in [0.1, 0.15) is 11.1 Å². The van der Waals surface area contributed by atoms with E-state index in [1.165, 1.54) is 30.3 Å². The Morgan fingerprint density at radius 3 is 2.45 bits per heavy atom. The molecule has 3 aromatic carbocycles. The third-order valence-electron chi connectivity index (χ3n) is 4.19. The van der Waals surface area contributed by atoms with Crippen molar-refractivity contribution in [3.63, 3.8) is 0 Å². The third kappa shape index (κ3) is 6.16. The number of anilines is 1. The first-order valence-corrected chi connectivity index (χ1v) is 9.47. The van der Waals surface area contributed by atoms with E-state index in [9.17, 15) is 20.2 Å². The minimum absolute atomic E-state index is 0.0910. The number of nitrogens with one attached hydrogen (secondary N) is 1. The number of non-ortho nitro benzene ring substituents is 1. The molecule has 0 aliphatic rings. The first-order valence-electron chi connectivity index (χ1n) is 9.09. The molecule has 0 radical (unpaired) electrons. The average Bonchev–Trinajstić information content (AvgIpc) is 2.77. The number of benzene rings is 3. The topological polar surface area (TPSA) is 105 Å². The summed E-state index contributed by atoms with van der Waals surface area (Å²) in [6, 6.07) is 21.5. The Morgan fingerprint density at radius 2 is 1.84 bits per heavy atom. The molecular weight excluding hydrogens is 418 g/mol. The Kier molecular flexibility index (Phi) is 6.99. The van der Waals surface area contributed by atoms with Crippen LogP contribution in [0.3, 0.4) is 0 Å². The maximum atomic E-state index is 12.3. The van der Waals surface area contributed by atoms with Gasteiger partial charge in [0, 0.05) is 22.8 Å². The Labute approximate surface area is 183 Å². The fourth-order valence-electron chi connectivity index (χ4n) is 2.63. The van der Waals surface area contributed by atoms with E-state index in [1.54, 1.807) is 30.3 Å². The highest BCUT2D eigenvalue weighted by atomic mass is 35.5. The SMILES string of the molecule is N#C/C(=C/c1ccc(OCc2cccc(Cl)c2)cc1)C(=O)Nc1ccc([N+](=O)[O-])cc1. The van der Waals surface area contributed by atoms with Crippen LogP contribution in [-0.4, -0.2) is 10.8 Å². The van der Waals surface area contributed by atoms with Crippen molar-refractivity contribution in [3.8, 4) is 11.8 Å². The van der Waals surface area contributed by atoms with Crippen LogP contribution in [0.2, 0.25) is 5.02 Å². The maximum Gasteiger partial charge on any atom is 0.269 e. The van der Waals surface area contributed by atoms with Gasteiger partial charge in [0.2, 0.25) is 0 Å². The molecule has 154 valence electrons. The molecule has 31 heavy (non-hydrogen) atoms. The Hall–Kier alpha value is -4.15. The largest absolute Gasteiger partial charge is 0.489 e. The summed E-state index contributed by atoms with van der Waals surface area (Å²) in [6.07, 6.45) is 1.45. The molecule has 0 unspecified atom stereocenters. The van der Waals surface area contributed by atoms with Gasteiger partial charge in [-0.15, -0.1) is 0 Å². The zero-order valence-corrected chi connectivity index (χ0v) is 16.9. The molecule has 0 heterocycles. The van der Waals surface area contributed by atoms with Crippen LogP contribution in [0.25, 0.3) is 6.08 Å². The molecule has 3 aromatic rings. The number of amides is 1. The number of ether oxygens (including phenoxy) is 1. The zero-order valence-electron chi connectivity index (χ0n) is 16.1.